The maximum Gasteiger partial charge on any atom is 0.258 e. The van der Waals surface area contributed by atoms with E-state index in [0.29, 0.717) is 10.6 Å². The van der Waals surface area contributed by atoms with Gasteiger partial charge in [-0.15, -0.1) is 11.3 Å². The summed E-state index contributed by atoms with van der Waals surface area (Å²) in [7, 11) is 0. The van der Waals surface area contributed by atoms with Gasteiger partial charge in [-0.05, 0) is 77.3 Å². The van der Waals surface area contributed by atoms with Crippen molar-refractivity contribution in [3.8, 4) is 10.6 Å². The molecule has 4 rings (SSSR count). The predicted molar refractivity (Wildman–Crippen MR) is 133 cm³/mol. The minimum Gasteiger partial charge on any atom is -0.332 e. The summed E-state index contributed by atoms with van der Waals surface area (Å²) in [4.78, 5) is 17.3. The van der Waals surface area contributed by atoms with Crippen molar-refractivity contribution in [2.45, 2.75) is 0 Å². The van der Waals surface area contributed by atoms with Crippen molar-refractivity contribution in [3.05, 3.63) is 80.9 Å². The summed E-state index contributed by atoms with van der Waals surface area (Å²) in [5.74, 6) is -0.358. The van der Waals surface area contributed by atoms with Crippen LogP contribution in [0.3, 0.4) is 0 Å². The molecule has 0 radical (unpaired) electrons. The Balaban J connectivity index is 1.56. The van der Waals surface area contributed by atoms with Gasteiger partial charge < -0.3 is 5.32 Å². The number of nitrogens with zero attached hydrogens (tertiary/aromatic N) is 1. The van der Waals surface area contributed by atoms with Crippen LogP contribution in [-0.2, 0) is 0 Å². The monoisotopic (exact) mass is 549 g/mol. The highest BCUT2D eigenvalue weighted by Crippen LogP contribution is 2.34. The first kappa shape index (κ1) is 20.2. The van der Waals surface area contributed by atoms with E-state index in [1.54, 1.807) is 23.5 Å². The molecule has 2 N–H and O–H groups in total. The quantitative estimate of drug-likeness (QED) is 0.231. The van der Waals surface area contributed by atoms with Gasteiger partial charge in [0.2, 0.25) is 0 Å². The molecule has 3 aromatic carbocycles. The molecule has 0 spiro atoms. The highest BCUT2D eigenvalue weighted by atomic mass is 127. The molecule has 0 aliphatic heterocycles. The smallest absolute Gasteiger partial charge is 0.258 e. The lowest BCUT2D eigenvalue weighted by Crippen LogP contribution is -2.34. The zero-order valence-electron chi connectivity index (χ0n) is 14.8. The number of halogens is 2. The van der Waals surface area contributed by atoms with E-state index in [1.807, 2.05) is 54.6 Å². The maximum absolute atomic E-state index is 12.6. The van der Waals surface area contributed by atoms with Gasteiger partial charge in [0.25, 0.3) is 5.91 Å². The Labute approximate surface area is 195 Å². The van der Waals surface area contributed by atoms with Crippen molar-refractivity contribution >= 4 is 84.7 Å². The third-order valence-electron chi connectivity index (χ3n) is 4.10. The van der Waals surface area contributed by atoms with Crippen LogP contribution in [0.4, 0.5) is 5.69 Å². The zero-order chi connectivity index (χ0) is 20.4. The van der Waals surface area contributed by atoms with Crippen molar-refractivity contribution in [3.63, 3.8) is 0 Å². The third kappa shape index (κ3) is 4.58. The molecule has 8 heteroatoms. The Morgan fingerprint density at radius 2 is 1.83 bits per heavy atom. The molecular formula is C21H13ClIN3OS2. The fourth-order valence-electron chi connectivity index (χ4n) is 2.76. The number of fused-ring (bicyclic) bond motifs is 1. The van der Waals surface area contributed by atoms with Gasteiger partial charge in [-0.1, -0.05) is 35.9 Å². The van der Waals surface area contributed by atoms with Crippen LogP contribution in [0, 0.1) is 3.57 Å². The van der Waals surface area contributed by atoms with E-state index >= 15 is 0 Å². The molecule has 144 valence electrons. The Bertz CT molecular complexity index is 1210. The Morgan fingerprint density at radius 3 is 2.66 bits per heavy atom. The number of thiazole rings is 1. The molecule has 0 atom stereocenters. The van der Waals surface area contributed by atoms with Gasteiger partial charge in [0.15, 0.2) is 5.11 Å². The summed E-state index contributed by atoms with van der Waals surface area (Å²) >= 11 is 15.2. The number of aromatic nitrogens is 1. The molecule has 1 amide bonds. The summed E-state index contributed by atoms with van der Waals surface area (Å²) in [6.07, 6.45) is 0. The first-order valence-electron chi connectivity index (χ1n) is 8.53. The van der Waals surface area contributed by atoms with Crippen LogP contribution in [0.15, 0.2) is 66.7 Å². The predicted octanol–water partition coefficient (Wildman–Crippen LogP) is 6.35. The number of carbonyl (C=O) groups is 1. The molecule has 1 heterocycles. The molecule has 0 fully saturated rings. The number of thiocarbonyl (C=S) groups is 1. The van der Waals surface area contributed by atoms with Crippen LogP contribution in [-0.4, -0.2) is 16.0 Å². The second kappa shape index (κ2) is 8.74. The van der Waals surface area contributed by atoms with Gasteiger partial charge in [-0.3, -0.25) is 10.1 Å². The van der Waals surface area contributed by atoms with Crippen molar-refractivity contribution in [2.24, 2.45) is 0 Å². The SMILES string of the molecule is O=C(NC(=S)Nc1ccccc1-c1nc2ccccc2s1)c1cc(I)ccc1Cl. The van der Waals surface area contributed by atoms with E-state index in [0.717, 1.165) is 30.0 Å². The van der Waals surface area contributed by atoms with E-state index in [9.17, 15) is 4.79 Å². The van der Waals surface area contributed by atoms with Crippen LogP contribution in [0.5, 0.6) is 0 Å². The topological polar surface area (TPSA) is 54.0 Å². The number of anilines is 1. The van der Waals surface area contributed by atoms with Crippen molar-refractivity contribution < 1.29 is 4.79 Å². The molecule has 4 aromatic rings. The first-order valence-corrected chi connectivity index (χ1v) is 11.2. The molecule has 0 saturated carbocycles. The Hall–Kier alpha value is -2.07. The molecule has 0 aliphatic rings. The highest BCUT2D eigenvalue weighted by Gasteiger charge is 2.15. The summed E-state index contributed by atoms with van der Waals surface area (Å²) in [6, 6.07) is 21.0. The average molecular weight is 550 g/mol. The molecule has 0 unspecified atom stereocenters. The fourth-order valence-corrected chi connectivity index (χ4v) is 4.66. The second-order valence-corrected chi connectivity index (χ2v) is 9.16. The van der Waals surface area contributed by atoms with Crippen molar-refractivity contribution in [1.29, 1.82) is 0 Å². The normalized spacial score (nSPS) is 10.7. The van der Waals surface area contributed by atoms with E-state index in [2.05, 4.69) is 33.2 Å². The molecule has 0 saturated heterocycles. The van der Waals surface area contributed by atoms with E-state index in [4.69, 9.17) is 28.8 Å². The van der Waals surface area contributed by atoms with Gasteiger partial charge in [-0.2, -0.15) is 0 Å². The molecular weight excluding hydrogens is 537 g/mol. The minimum absolute atomic E-state index is 0.193. The van der Waals surface area contributed by atoms with Crippen LogP contribution in [0.25, 0.3) is 20.8 Å². The average Bonchev–Trinajstić information content (AvgIpc) is 3.14. The Kier molecular flexibility index (Phi) is 6.09. The summed E-state index contributed by atoms with van der Waals surface area (Å²) < 4.78 is 2.03. The molecule has 29 heavy (non-hydrogen) atoms. The highest BCUT2D eigenvalue weighted by molar-refractivity contribution is 14.1. The van der Waals surface area contributed by atoms with Crippen molar-refractivity contribution in [1.82, 2.24) is 10.3 Å². The van der Waals surface area contributed by atoms with Gasteiger partial charge in [0.05, 0.1) is 26.5 Å². The number of amides is 1. The van der Waals surface area contributed by atoms with Crippen LogP contribution in [0.2, 0.25) is 5.02 Å². The number of para-hydroxylation sites is 2. The standard InChI is InChI=1S/C21H13ClIN3OS2/c22-15-10-9-12(23)11-14(15)19(27)26-21(28)25-16-6-2-1-5-13(16)20-24-17-7-3-4-8-18(17)29-20/h1-11H,(H2,25,26,27,28). The maximum atomic E-state index is 12.6. The van der Waals surface area contributed by atoms with E-state index in [1.165, 1.54) is 0 Å². The van der Waals surface area contributed by atoms with E-state index < -0.39 is 0 Å². The number of carbonyl (C=O) groups excluding carboxylic acids is 1. The largest absolute Gasteiger partial charge is 0.332 e. The first-order chi connectivity index (χ1) is 14.0. The molecule has 1 aromatic heterocycles. The summed E-state index contributed by atoms with van der Waals surface area (Å²) in [5.41, 5.74) is 3.01. The zero-order valence-corrected chi connectivity index (χ0v) is 19.3. The van der Waals surface area contributed by atoms with Crippen molar-refractivity contribution in [2.75, 3.05) is 5.32 Å². The Morgan fingerprint density at radius 1 is 1.07 bits per heavy atom. The lowest BCUT2D eigenvalue weighted by atomic mass is 10.2. The van der Waals surface area contributed by atoms with Gasteiger partial charge in [0.1, 0.15) is 5.01 Å². The lowest BCUT2D eigenvalue weighted by molar-refractivity contribution is 0.0978. The van der Waals surface area contributed by atoms with Gasteiger partial charge in [0, 0.05) is 9.13 Å². The van der Waals surface area contributed by atoms with Crippen LogP contribution >= 0.6 is 57.7 Å². The molecule has 4 nitrogen and oxygen atoms in total. The van der Waals surface area contributed by atoms with Gasteiger partial charge in [-0.25, -0.2) is 4.98 Å². The number of nitrogens with one attached hydrogen (secondary N) is 2. The fraction of sp³-hybridized carbons (Fsp3) is 0. The summed E-state index contributed by atoms with van der Waals surface area (Å²) in [5, 5.41) is 7.25. The molecule has 0 bridgehead atoms. The number of hydrogen-bond donors (Lipinski definition) is 2. The van der Waals surface area contributed by atoms with Crippen LogP contribution in [0.1, 0.15) is 10.4 Å². The number of rotatable bonds is 3. The van der Waals surface area contributed by atoms with E-state index in [-0.39, 0.29) is 11.0 Å². The number of benzene rings is 3. The lowest BCUT2D eigenvalue weighted by Gasteiger charge is -2.13. The van der Waals surface area contributed by atoms with Gasteiger partial charge >= 0.3 is 0 Å². The minimum atomic E-state index is -0.358. The molecule has 0 aliphatic carbocycles. The third-order valence-corrected chi connectivity index (χ3v) is 6.37. The van der Waals surface area contributed by atoms with Crippen LogP contribution < -0.4 is 10.6 Å². The second-order valence-electron chi connectivity index (χ2n) is 6.06. The number of hydrogen-bond acceptors (Lipinski definition) is 4. The summed E-state index contributed by atoms with van der Waals surface area (Å²) in [6.45, 7) is 0.